The molecule has 16 nitrogen and oxygen atoms in total. The first-order valence-electron chi connectivity index (χ1n) is 22.2. The molecule has 3 unspecified atom stereocenters. The maximum Gasteiger partial charge on any atom is 0.243 e. The number of hydrogen-bond donors (Lipinski definition) is 4. The maximum absolute atomic E-state index is 15.1. The number of fused-ring (bicyclic) bond motifs is 1. The molecule has 0 aliphatic carbocycles. The van der Waals surface area contributed by atoms with Crippen molar-refractivity contribution in [2.45, 2.75) is 43.9 Å². The Kier molecular flexibility index (Phi) is 17.4. The van der Waals surface area contributed by atoms with Gasteiger partial charge in [-0.25, -0.2) is 8.78 Å². The third-order valence-electron chi connectivity index (χ3n) is 11.7. The predicted molar refractivity (Wildman–Crippen MR) is 255 cm³/mol. The molecule has 3 amide bonds. The largest absolute Gasteiger partial charge is 0.379 e. The SMILES string of the molecule is C=N/C=C1/CN=C(c2c(F)cccc2F)c2cc(Cl)ccc2C1Nc1ccc(C2CN(CCNCCOCCOCCC(=O)Nc3ccc(C=O)c(CN(C)C4CCC(=O)NC4=O)c3)N=N2)cc1. The zero-order valence-electron chi connectivity index (χ0n) is 37.6. The summed E-state index contributed by atoms with van der Waals surface area (Å²) in [7, 11) is 1.75. The van der Waals surface area contributed by atoms with E-state index in [1.807, 2.05) is 35.3 Å². The van der Waals surface area contributed by atoms with Crippen LogP contribution < -0.4 is 21.3 Å². The number of aliphatic imine (C=N–C) groups is 2. The number of imide groups is 1. The number of ether oxygens (including phenoxy) is 2. The Morgan fingerprint density at radius 2 is 1.76 bits per heavy atom. The van der Waals surface area contributed by atoms with Crippen LogP contribution in [0.4, 0.5) is 20.2 Å². The summed E-state index contributed by atoms with van der Waals surface area (Å²) in [4.78, 5) is 58.6. The number of halogens is 3. The molecular weight excluding hydrogens is 898 g/mol. The molecule has 4 aromatic carbocycles. The number of rotatable bonds is 22. The number of piperidine rings is 1. The molecule has 4 N–H and O–H groups in total. The Morgan fingerprint density at radius 1 is 1.00 bits per heavy atom. The summed E-state index contributed by atoms with van der Waals surface area (Å²) in [6, 6.07) is 20.8. The van der Waals surface area contributed by atoms with Crippen molar-refractivity contribution in [3.8, 4) is 0 Å². The van der Waals surface area contributed by atoms with Gasteiger partial charge in [-0.1, -0.05) is 41.1 Å². The molecule has 3 aliphatic rings. The number of nitrogens with one attached hydrogen (secondary N) is 4. The minimum Gasteiger partial charge on any atom is -0.379 e. The Morgan fingerprint density at radius 3 is 2.51 bits per heavy atom. The van der Waals surface area contributed by atoms with E-state index < -0.39 is 23.7 Å². The smallest absolute Gasteiger partial charge is 0.243 e. The Labute approximate surface area is 397 Å². The molecule has 0 bridgehead atoms. The molecule has 0 aromatic heterocycles. The van der Waals surface area contributed by atoms with Crippen molar-refractivity contribution in [3.05, 3.63) is 141 Å². The summed E-state index contributed by atoms with van der Waals surface area (Å²) in [5.74, 6) is -2.35. The molecule has 356 valence electrons. The van der Waals surface area contributed by atoms with Crippen molar-refractivity contribution in [1.29, 1.82) is 0 Å². The third kappa shape index (κ3) is 12.9. The highest BCUT2D eigenvalue weighted by Crippen LogP contribution is 2.36. The van der Waals surface area contributed by atoms with E-state index in [1.165, 1.54) is 18.2 Å². The van der Waals surface area contributed by atoms with E-state index in [9.17, 15) is 19.2 Å². The van der Waals surface area contributed by atoms with Gasteiger partial charge >= 0.3 is 0 Å². The average molecular weight is 951 g/mol. The van der Waals surface area contributed by atoms with Gasteiger partial charge in [0, 0.05) is 59.8 Å². The normalized spacial score (nSPS) is 18.5. The first-order chi connectivity index (χ1) is 33.0. The molecule has 3 atom stereocenters. The monoisotopic (exact) mass is 950 g/mol. The maximum atomic E-state index is 15.1. The van der Waals surface area contributed by atoms with Gasteiger partial charge in [0.15, 0.2) is 0 Å². The second kappa shape index (κ2) is 23.9. The van der Waals surface area contributed by atoms with Crippen molar-refractivity contribution in [2.75, 3.05) is 76.8 Å². The van der Waals surface area contributed by atoms with E-state index in [4.69, 9.17) is 21.1 Å². The molecule has 3 aliphatic heterocycles. The van der Waals surface area contributed by atoms with E-state index in [-0.39, 0.29) is 67.6 Å². The number of hydrogen-bond acceptors (Lipinski definition) is 14. The first kappa shape index (κ1) is 49.3. The van der Waals surface area contributed by atoms with Crippen molar-refractivity contribution in [1.82, 2.24) is 20.5 Å². The van der Waals surface area contributed by atoms with Crippen LogP contribution in [0.1, 0.15) is 69.5 Å². The van der Waals surface area contributed by atoms with Crippen LogP contribution in [0.2, 0.25) is 5.02 Å². The van der Waals surface area contributed by atoms with Gasteiger partial charge in [-0.3, -0.25) is 44.4 Å². The van der Waals surface area contributed by atoms with Crippen LogP contribution >= 0.6 is 11.6 Å². The summed E-state index contributed by atoms with van der Waals surface area (Å²) < 4.78 is 41.4. The van der Waals surface area contributed by atoms with Crippen LogP contribution in [0.5, 0.6) is 0 Å². The highest BCUT2D eigenvalue weighted by molar-refractivity contribution is 6.31. The predicted octanol–water partition coefficient (Wildman–Crippen LogP) is 6.63. The number of nitrogens with zero attached hydrogens (tertiary/aromatic N) is 6. The molecular formula is C49H53ClF2N10O6. The van der Waals surface area contributed by atoms with Crippen LogP contribution in [0.25, 0.3) is 0 Å². The lowest BCUT2D eigenvalue weighted by Gasteiger charge is -2.30. The standard InChI is InChI=1S/C49H53ClF2N10O6/c1-53-26-34-27-55-48(46-40(51)4-3-5-41(46)52)39-25-35(50)9-13-38(39)47(34)57-36-10-6-31(7-11-36)42-29-62(60-59-42)19-17-54-18-21-68-23-22-67-20-16-45(65)56-37-12-8-32(30-63)33(24-37)28-61(2)43-14-15-44(64)58-49(43)66/h3-13,24-26,30,42-43,47,54,57H,1,14-23,27-29H2,2H3,(H,56,65)(H,58,64,66)/b34-26-. The molecule has 1 saturated heterocycles. The first-order valence-corrected chi connectivity index (χ1v) is 22.6. The van der Waals surface area contributed by atoms with Gasteiger partial charge in [-0.05, 0) is 97.0 Å². The number of amides is 3. The molecule has 0 saturated carbocycles. The number of carbonyl (C=O) groups is 4. The Bertz CT molecular complexity index is 2560. The second-order valence-corrected chi connectivity index (χ2v) is 16.8. The van der Waals surface area contributed by atoms with E-state index in [2.05, 4.69) is 48.3 Å². The lowest BCUT2D eigenvalue weighted by Crippen LogP contribution is -2.51. The van der Waals surface area contributed by atoms with Crippen LogP contribution in [0.3, 0.4) is 0 Å². The van der Waals surface area contributed by atoms with E-state index in [0.29, 0.717) is 79.8 Å². The van der Waals surface area contributed by atoms with Crippen molar-refractivity contribution in [3.63, 3.8) is 0 Å². The van der Waals surface area contributed by atoms with Gasteiger partial charge in [0.25, 0.3) is 0 Å². The minimum atomic E-state index is -0.720. The summed E-state index contributed by atoms with van der Waals surface area (Å²) in [6.45, 7) is 8.01. The lowest BCUT2D eigenvalue weighted by atomic mass is 9.91. The highest BCUT2D eigenvalue weighted by Gasteiger charge is 2.31. The van der Waals surface area contributed by atoms with Gasteiger partial charge in [-0.15, -0.1) is 0 Å². The minimum absolute atomic E-state index is 0.119. The van der Waals surface area contributed by atoms with Crippen LogP contribution in [-0.4, -0.2) is 119 Å². The summed E-state index contributed by atoms with van der Waals surface area (Å²) in [5.41, 5.74) is 5.34. The van der Waals surface area contributed by atoms with E-state index in [0.717, 1.165) is 28.7 Å². The van der Waals surface area contributed by atoms with Gasteiger partial charge in [0.2, 0.25) is 17.7 Å². The fourth-order valence-corrected chi connectivity index (χ4v) is 8.33. The molecule has 19 heteroatoms. The molecule has 68 heavy (non-hydrogen) atoms. The molecule has 3 heterocycles. The van der Waals surface area contributed by atoms with Gasteiger partial charge < -0.3 is 25.4 Å². The Hall–Kier alpha value is -6.57. The summed E-state index contributed by atoms with van der Waals surface area (Å²) in [6.07, 6.45) is 3.11. The molecule has 7 rings (SSSR count). The van der Waals surface area contributed by atoms with E-state index in [1.54, 1.807) is 48.5 Å². The summed E-state index contributed by atoms with van der Waals surface area (Å²) >= 11 is 6.42. The number of anilines is 2. The zero-order chi connectivity index (χ0) is 48.0. The number of likely N-dealkylation sites (N-methyl/N-ethyl adjacent to an activating group) is 1. The third-order valence-corrected chi connectivity index (χ3v) is 11.9. The quantitative estimate of drug-likeness (QED) is 0.0288. The second-order valence-electron chi connectivity index (χ2n) is 16.4. The topological polar surface area (TPSA) is 191 Å². The summed E-state index contributed by atoms with van der Waals surface area (Å²) in [5, 5.41) is 23.3. The van der Waals surface area contributed by atoms with Crippen LogP contribution in [0, 0.1) is 11.6 Å². The van der Waals surface area contributed by atoms with Crippen molar-refractivity contribution >= 4 is 59.4 Å². The lowest BCUT2D eigenvalue weighted by molar-refractivity contribution is -0.137. The number of aldehydes is 1. The number of benzene rings is 4. The molecule has 1 fully saturated rings. The molecule has 4 aromatic rings. The van der Waals surface area contributed by atoms with Crippen molar-refractivity contribution < 1.29 is 37.4 Å². The molecule has 0 spiro atoms. The average Bonchev–Trinajstić information content (AvgIpc) is 3.74. The van der Waals surface area contributed by atoms with Gasteiger partial charge in [0.1, 0.15) is 24.0 Å². The van der Waals surface area contributed by atoms with Crippen molar-refractivity contribution in [2.24, 2.45) is 20.3 Å². The van der Waals surface area contributed by atoms with Crippen LogP contribution in [-0.2, 0) is 30.4 Å². The fraction of sp³-hybridized carbons (Fsp3) is 0.347. The van der Waals surface area contributed by atoms with Crippen LogP contribution in [0.15, 0.2) is 111 Å². The Balaban J connectivity index is 0.778. The number of carbonyl (C=O) groups excluding carboxylic acids is 4. The van der Waals surface area contributed by atoms with Gasteiger partial charge in [-0.2, -0.15) is 5.11 Å². The van der Waals surface area contributed by atoms with E-state index >= 15 is 8.78 Å². The zero-order valence-corrected chi connectivity index (χ0v) is 38.3. The molecule has 0 radical (unpaired) electrons. The fourth-order valence-electron chi connectivity index (χ4n) is 8.16. The van der Waals surface area contributed by atoms with Gasteiger partial charge in [0.05, 0.1) is 75.8 Å². The highest BCUT2D eigenvalue weighted by atomic mass is 35.5.